The van der Waals surface area contributed by atoms with E-state index in [9.17, 15) is 5.48 Å². The molecule has 0 spiro atoms. The average molecular weight is 834 g/mol. The van der Waals surface area contributed by atoms with Crippen LogP contribution in [0.3, 0.4) is 0 Å². The predicted octanol–water partition coefficient (Wildman–Crippen LogP) is 17.4. The van der Waals surface area contributed by atoms with E-state index in [1.165, 1.54) is 5.39 Å². The van der Waals surface area contributed by atoms with Gasteiger partial charge in [0.25, 0.3) is 0 Å². The summed E-state index contributed by atoms with van der Waals surface area (Å²) in [6.07, 6.45) is 0. The zero-order chi connectivity index (χ0) is 46.6. The van der Waals surface area contributed by atoms with E-state index >= 15 is 0 Å². The van der Waals surface area contributed by atoms with E-state index in [0.717, 1.165) is 83.2 Å². The fourth-order valence-corrected chi connectivity index (χ4v) is 9.44. The van der Waals surface area contributed by atoms with E-state index in [0.29, 0.717) is 5.56 Å². The van der Waals surface area contributed by atoms with Gasteiger partial charge in [-0.05, 0) is 112 Å². The van der Waals surface area contributed by atoms with Crippen LogP contribution in [0.4, 0.5) is 34.1 Å². The molecule has 0 aliphatic carbocycles. The van der Waals surface area contributed by atoms with Gasteiger partial charge in [-0.25, -0.2) is 0 Å². The standard InChI is InChI=1S/C62H43N3/c1-4-17-44(18-5-1)45-33-37-50(38-34-45)63(48-21-6-2-7-22-48)51-39-35-47(36-40-51)53-27-15-29-56-55(53)28-16-32-61(56)65(59-31-14-20-46-19-10-11-25-54(46)59)52-41-42-58-57-26-12-13-30-60(57)64(62(58)43-52)49-23-8-3-9-24-49/h1-43H/i35D,36D,39D,40D. The van der Waals surface area contributed by atoms with Crippen molar-refractivity contribution >= 4 is 77.5 Å². The fraction of sp³-hybridized carbons (Fsp3) is 0. The van der Waals surface area contributed by atoms with Crippen molar-refractivity contribution in [1.82, 2.24) is 4.57 Å². The summed E-state index contributed by atoms with van der Waals surface area (Å²) in [6.45, 7) is 0. The van der Waals surface area contributed by atoms with Gasteiger partial charge in [-0.3, -0.25) is 0 Å². The number of nitrogens with zero attached hydrogens (tertiary/aromatic N) is 3. The van der Waals surface area contributed by atoms with Gasteiger partial charge in [-0.1, -0.05) is 182 Å². The van der Waals surface area contributed by atoms with Gasteiger partial charge in [0.15, 0.2) is 0 Å². The van der Waals surface area contributed by atoms with Gasteiger partial charge in [0, 0.05) is 50.0 Å². The molecule has 0 aliphatic rings. The Morgan fingerprint density at radius 1 is 0.308 bits per heavy atom. The Hall–Kier alpha value is -8.66. The van der Waals surface area contributed by atoms with Crippen molar-refractivity contribution in [1.29, 1.82) is 0 Å². The second-order valence-corrected chi connectivity index (χ2v) is 16.2. The molecule has 306 valence electrons. The van der Waals surface area contributed by atoms with Crippen LogP contribution in [0.1, 0.15) is 5.48 Å². The number of rotatable bonds is 9. The topological polar surface area (TPSA) is 11.4 Å². The van der Waals surface area contributed by atoms with Crippen LogP contribution in [0.5, 0.6) is 0 Å². The quantitative estimate of drug-likeness (QED) is 0.144. The Labute approximate surface area is 384 Å². The van der Waals surface area contributed by atoms with Crippen LogP contribution >= 0.6 is 0 Å². The minimum atomic E-state index is -0.130. The highest BCUT2D eigenvalue weighted by atomic mass is 15.2. The Bertz CT molecular complexity index is 3860. The number of hydrogen-bond acceptors (Lipinski definition) is 2. The summed E-state index contributed by atoms with van der Waals surface area (Å²) in [4.78, 5) is 4.15. The molecule has 0 bridgehead atoms. The Balaban J connectivity index is 1.05. The molecule has 0 radical (unpaired) electrons. The van der Waals surface area contributed by atoms with Crippen LogP contribution in [0.2, 0.25) is 0 Å². The summed E-state index contributed by atoms with van der Waals surface area (Å²) in [5.41, 5.74) is 10.8. The zero-order valence-electron chi connectivity index (χ0n) is 39.4. The summed E-state index contributed by atoms with van der Waals surface area (Å²) in [5.74, 6) is 0. The maximum atomic E-state index is 9.73. The zero-order valence-corrected chi connectivity index (χ0v) is 35.4. The van der Waals surface area contributed by atoms with Crippen molar-refractivity contribution in [3.8, 4) is 27.9 Å². The molecule has 0 atom stereocenters. The van der Waals surface area contributed by atoms with Crippen LogP contribution in [-0.2, 0) is 0 Å². The van der Waals surface area contributed by atoms with Crippen LogP contribution < -0.4 is 9.80 Å². The third-order valence-corrected chi connectivity index (χ3v) is 12.4. The number of hydrogen-bond donors (Lipinski definition) is 0. The monoisotopic (exact) mass is 833 g/mol. The molecule has 65 heavy (non-hydrogen) atoms. The largest absolute Gasteiger partial charge is 0.311 e. The summed E-state index contributed by atoms with van der Waals surface area (Å²) in [5, 5.41) is 6.23. The maximum Gasteiger partial charge on any atom is 0.0645 e. The van der Waals surface area contributed by atoms with E-state index < -0.39 is 0 Å². The van der Waals surface area contributed by atoms with Crippen molar-refractivity contribution in [3.05, 3.63) is 261 Å². The van der Waals surface area contributed by atoms with Gasteiger partial charge in [0.1, 0.15) is 0 Å². The molecule has 0 aliphatic heterocycles. The fourth-order valence-electron chi connectivity index (χ4n) is 9.44. The minimum Gasteiger partial charge on any atom is -0.311 e. The average Bonchev–Trinajstić information content (AvgIpc) is 3.74. The molecule has 3 nitrogen and oxygen atoms in total. The van der Waals surface area contributed by atoms with Gasteiger partial charge >= 0.3 is 0 Å². The van der Waals surface area contributed by atoms with Crippen molar-refractivity contribution in [2.45, 2.75) is 0 Å². The molecule has 3 heteroatoms. The number of fused-ring (bicyclic) bond motifs is 5. The number of aromatic nitrogens is 1. The van der Waals surface area contributed by atoms with Crippen LogP contribution in [0.25, 0.3) is 71.3 Å². The first-order chi connectivity index (χ1) is 33.9. The SMILES string of the molecule is [2H]c1c([2H])c(N(c2ccccc2)c2ccc(-c3ccccc3)cc2)c([2H])c([2H])c1-c1cccc2c(N(c3ccc4c5ccccc5n(-c5ccccc5)c4c3)c3cccc4ccccc34)cccc12. The normalized spacial score (nSPS) is 12.2. The Kier molecular flexibility index (Phi) is 8.47. The predicted molar refractivity (Wildman–Crippen MR) is 276 cm³/mol. The lowest BCUT2D eigenvalue weighted by molar-refractivity contribution is 1.18. The Morgan fingerprint density at radius 2 is 0.846 bits per heavy atom. The molecule has 1 aromatic heterocycles. The Morgan fingerprint density at radius 3 is 1.63 bits per heavy atom. The molecule has 12 rings (SSSR count). The lowest BCUT2D eigenvalue weighted by Gasteiger charge is -2.29. The van der Waals surface area contributed by atoms with Crippen molar-refractivity contribution < 1.29 is 5.48 Å². The van der Waals surface area contributed by atoms with Gasteiger partial charge in [0.2, 0.25) is 0 Å². The number of para-hydroxylation sites is 3. The van der Waals surface area contributed by atoms with Gasteiger partial charge in [0.05, 0.1) is 27.9 Å². The van der Waals surface area contributed by atoms with E-state index in [-0.39, 0.29) is 35.4 Å². The highest BCUT2D eigenvalue weighted by Gasteiger charge is 2.21. The first-order valence-corrected chi connectivity index (χ1v) is 21.9. The maximum absolute atomic E-state index is 9.73. The van der Waals surface area contributed by atoms with Gasteiger partial charge < -0.3 is 14.4 Å². The molecule has 0 N–H and O–H groups in total. The molecular weight excluding hydrogens is 787 g/mol. The van der Waals surface area contributed by atoms with Crippen molar-refractivity contribution in [2.24, 2.45) is 0 Å². The molecule has 0 fully saturated rings. The number of anilines is 6. The summed E-state index contributed by atoms with van der Waals surface area (Å²) >= 11 is 0. The molecule has 0 saturated carbocycles. The smallest absolute Gasteiger partial charge is 0.0645 e. The summed E-state index contributed by atoms with van der Waals surface area (Å²) < 4.78 is 41.2. The van der Waals surface area contributed by atoms with Crippen molar-refractivity contribution in [2.75, 3.05) is 9.80 Å². The van der Waals surface area contributed by atoms with E-state index in [2.05, 4.69) is 143 Å². The van der Waals surface area contributed by atoms with E-state index in [1.54, 1.807) is 0 Å². The van der Waals surface area contributed by atoms with Gasteiger partial charge in [-0.15, -0.1) is 0 Å². The van der Waals surface area contributed by atoms with Crippen LogP contribution in [0.15, 0.2) is 261 Å². The molecule has 0 unspecified atom stereocenters. The molecule has 0 saturated heterocycles. The van der Waals surface area contributed by atoms with Crippen molar-refractivity contribution in [3.63, 3.8) is 0 Å². The first kappa shape index (κ1) is 33.9. The molecule has 1 heterocycles. The lowest BCUT2D eigenvalue weighted by Crippen LogP contribution is -2.11. The lowest BCUT2D eigenvalue weighted by atomic mass is 9.96. The summed E-state index contributed by atoms with van der Waals surface area (Å²) in [6, 6.07) is 80.0. The second-order valence-electron chi connectivity index (χ2n) is 16.2. The minimum absolute atomic E-state index is 0.115. The second kappa shape index (κ2) is 16.2. The van der Waals surface area contributed by atoms with E-state index in [1.807, 2.05) is 108 Å². The number of benzene rings is 11. The molecule has 12 aromatic rings. The first-order valence-electron chi connectivity index (χ1n) is 23.9. The highest BCUT2D eigenvalue weighted by Crippen LogP contribution is 2.46. The molecular formula is C62H43N3. The molecule has 0 amide bonds. The van der Waals surface area contributed by atoms with Gasteiger partial charge in [-0.2, -0.15) is 0 Å². The third-order valence-electron chi connectivity index (χ3n) is 12.4. The summed E-state index contributed by atoms with van der Waals surface area (Å²) in [7, 11) is 0. The van der Waals surface area contributed by atoms with Crippen LogP contribution in [-0.4, -0.2) is 4.57 Å². The third kappa shape index (κ3) is 6.78. The molecule has 11 aromatic carbocycles. The highest BCUT2D eigenvalue weighted by molar-refractivity contribution is 6.12. The van der Waals surface area contributed by atoms with Crippen LogP contribution in [0, 0.1) is 0 Å². The van der Waals surface area contributed by atoms with E-state index in [4.69, 9.17) is 0 Å².